The molecular weight excluding hydrogens is 396 g/mol. The van der Waals surface area contributed by atoms with Gasteiger partial charge in [-0.15, -0.1) is 10.2 Å². The maximum Gasteiger partial charge on any atom is 0.233 e. The summed E-state index contributed by atoms with van der Waals surface area (Å²) in [4.78, 5) is 14.6. The predicted octanol–water partition coefficient (Wildman–Crippen LogP) is 4.43. The average molecular weight is 431 g/mol. The van der Waals surface area contributed by atoms with Gasteiger partial charge in [0.1, 0.15) is 12.4 Å². The van der Waals surface area contributed by atoms with Crippen LogP contribution in [0.3, 0.4) is 0 Å². The van der Waals surface area contributed by atoms with Crippen LogP contribution in [0.15, 0.2) is 29.4 Å². The number of hydrogen-bond donors (Lipinski definition) is 0. The Hall–Kier alpha value is -2.02. The monoisotopic (exact) mass is 430 g/mol. The van der Waals surface area contributed by atoms with E-state index in [9.17, 15) is 4.79 Å². The van der Waals surface area contributed by atoms with E-state index < -0.39 is 0 Å². The van der Waals surface area contributed by atoms with Gasteiger partial charge < -0.3 is 14.2 Å². The lowest BCUT2D eigenvalue weighted by Crippen LogP contribution is -2.40. The molecule has 1 aromatic carbocycles. The third kappa shape index (κ3) is 6.24. The molecule has 0 radical (unpaired) electrons. The van der Waals surface area contributed by atoms with Crippen molar-refractivity contribution in [3.63, 3.8) is 0 Å². The number of nitrogens with zero attached hydrogens (tertiary/aromatic N) is 4. The molecule has 1 aliphatic rings. The molecule has 2 aromatic rings. The molecule has 1 aromatic heterocycles. The molecule has 1 fully saturated rings. The number of aromatic nitrogens is 3. The summed E-state index contributed by atoms with van der Waals surface area (Å²) in [6, 6.07) is 8.16. The average Bonchev–Trinajstić information content (AvgIpc) is 3.11. The summed E-state index contributed by atoms with van der Waals surface area (Å²) in [5, 5.41) is 9.52. The highest BCUT2D eigenvalue weighted by Crippen LogP contribution is 2.22. The Morgan fingerprint density at radius 2 is 2.03 bits per heavy atom. The molecule has 164 valence electrons. The highest BCUT2D eigenvalue weighted by atomic mass is 32.2. The molecular formula is C23H34N4O2S. The molecule has 6 nitrogen and oxygen atoms in total. The Morgan fingerprint density at radius 3 is 2.70 bits per heavy atom. The Morgan fingerprint density at radius 1 is 1.27 bits per heavy atom. The van der Waals surface area contributed by atoms with Gasteiger partial charge in [-0.3, -0.25) is 4.79 Å². The number of carbonyl (C=O) groups is 1. The van der Waals surface area contributed by atoms with Crippen molar-refractivity contribution in [3.05, 3.63) is 35.7 Å². The second-order valence-electron chi connectivity index (χ2n) is 8.57. The summed E-state index contributed by atoms with van der Waals surface area (Å²) >= 11 is 1.48. The zero-order chi connectivity index (χ0) is 21.5. The molecule has 0 bridgehead atoms. The van der Waals surface area contributed by atoms with Crippen molar-refractivity contribution in [3.8, 4) is 5.75 Å². The second kappa shape index (κ2) is 10.8. The number of piperidine rings is 1. The van der Waals surface area contributed by atoms with E-state index in [1.165, 1.54) is 23.7 Å². The molecule has 7 heteroatoms. The first-order valence-electron chi connectivity index (χ1n) is 11.0. The van der Waals surface area contributed by atoms with Gasteiger partial charge in [0.15, 0.2) is 11.0 Å². The van der Waals surface area contributed by atoms with E-state index in [-0.39, 0.29) is 5.91 Å². The summed E-state index contributed by atoms with van der Waals surface area (Å²) in [5.74, 6) is 3.26. The van der Waals surface area contributed by atoms with Crippen LogP contribution >= 0.6 is 11.8 Å². The lowest BCUT2D eigenvalue weighted by Gasteiger charge is -2.30. The van der Waals surface area contributed by atoms with Gasteiger partial charge in [-0.05, 0) is 48.8 Å². The first kappa shape index (κ1) is 22.7. The Labute approximate surface area is 184 Å². The molecule has 0 spiro atoms. The van der Waals surface area contributed by atoms with Crippen LogP contribution in [0.25, 0.3) is 0 Å². The minimum atomic E-state index is 0.194. The fraction of sp³-hybridized carbons (Fsp3) is 0.609. The molecule has 1 unspecified atom stereocenters. The molecule has 30 heavy (non-hydrogen) atoms. The number of hydrogen-bond acceptors (Lipinski definition) is 5. The van der Waals surface area contributed by atoms with Crippen LogP contribution in [-0.2, 0) is 24.4 Å². The molecule has 0 saturated carbocycles. The van der Waals surface area contributed by atoms with Crippen molar-refractivity contribution < 1.29 is 9.53 Å². The number of rotatable bonds is 9. The topological polar surface area (TPSA) is 60.3 Å². The smallest absolute Gasteiger partial charge is 0.233 e. The van der Waals surface area contributed by atoms with E-state index in [2.05, 4.69) is 54.6 Å². The number of likely N-dealkylation sites (tertiary alicyclic amines) is 1. The van der Waals surface area contributed by atoms with E-state index >= 15 is 0 Å². The first-order valence-corrected chi connectivity index (χ1v) is 12.0. The van der Waals surface area contributed by atoms with Crippen molar-refractivity contribution in [2.45, 2.75) is 65.3 Å². The van der Waals surface area contributed by atoms with Gasteiger partial charge in [-0.2, -0.15) is 0 Å². The molecule has 1 amide bonds. The van der Waals surface area contributed by atoms with Crippen LogP contribution in [0.4, 0.5) is 0 Å². The highest BCUT2D eigenvalue weighted by molar-refractivity contribution is 7.99. The number of benzene rings is 1. The fourth-order valence-corrected chi connectivity index (χ4v) is 4.55. The van der Waals surface area contributed by atoms with Crippen molar-refractivity contribution in [1.29, 1.82) is 0 Å². The molecule has 2 heterocycles. The standard InChI is InChI=1S/C23H34N4O2S/c1-5-19-8-10-20(11-9-19)29-15-21-24-25-23(27(21)13-17(2)3)30-16-22(28)26-12-6-7-18(4)14-26/h8-11,17-18H,5-7,12-16H2,1-4H3. The second-order valence-corrected chi connectivity index (χ2v) is 9.51. The van der Waals surface area contributed by atoms with Crippen LogP contribution in [0, 0.1) is 11.8 Å². The zero-order valence-corrected chi connectivity index (χ0v) is 19.5. The SMILES string of the molecule is CCc1ccc(OCc2nnc(SCC(=O)N3CCCC(C)C3)n2CC(C)C)cc1. The van der Waals surface area contributed by atoms with Crippen LogP contribution in [0.5, 0.6) is 5.75 Å². The maximum atomic E-state index is 12.6. The van der Waals surface area contributed by atoms with E-state index in [1.807, 2.05) is 17.0 Å². The van der Waals surface area contributed by atoms with E-state index in [4.69, 9.17) is 4.74 Å². The number of ether oxygens (including phenoxy) is 1. The molecule has 1 aliphatic heterocycles. The van der Waals surface area contributed by atoms with Gasteiger partial charge >= 0.3 is 0 Å². The van der Waals surface area contributed by atoms with Gasteiger partial charge in [0, 0.05) is 19.6 Å². The third-order valence-corrected chi connectivity index (χ3v) is 6.33. The largest absolute Gasteiger partial charge is 0.486 e. The van der Waals surface area contributed by atoms with Gasteiger partial charge in [-0.25, -0.2) is 0 Å². The molecule has 1 saturated heterocycles. The number of thioether (sulfide) groups is 1. The summed E-state index contributed by atoms with van der Waals surface area (Å²) < 4.78 is 8.05. The minimum absolute atomic E-state index is 0.194. The fourth-order valence-electron chi connectivity index (χ4n) is 3.68. The Kier molecular flexibility index (Phi) is 8.19. The Bertz CT molecular complexity index is 819. The number of carbonyl (C=O) groups excluding carboxylic acids is 1. The minimum Gasteiger partial charge on any atom is -0.486 e. The van der Waals surface area contributed by atoms with Crippen molar-refractivity contribution in [2.24, 2.45) is 11.8 Å². The maximum absolute atomic E-state index is 12.6. The van der Waals surface area contributed by atoms with E-state index in [0.717, 1.165) is 49.2 Å². The number of amides is 1. The first-order chi connectivity index (χ1) is 14.5. The van der Waals surface area contributed by atoms with Crippen LogP contribution in [0.1, 0.15) is 51.9 Å². The third-order valence-electron chi connectivity index (χ3n) is 5.38. The summed E-state index contributed by atoms with van der Waals surface area (Å²) in [5.41, 5.74) is 1.29. The van der Waals surface area contributed by atoms with E-state index in [0.29, 0.717) is 24.2 Å². The van der Waals surface area contributed by atoms with Gasteiger partial charge in [0.25, 0.3) is 0 Å². The van der Waals surface area contributed by atoms with Crippen molar-refractivity contribution in [1.82, 2.24) is 19.7 Å². The number of aryl methyl sites for hydroxylation is 1. The summed E-state index contributed by atoms with van der Waals surface area (Å²) in [7, 11) is 0. The molecule has 3 rings (SSSR count). The lowest BCUT2D eigenvalue weighted by molar-refractivity contribution is -0.130. The summed E-state index contributed by atoms with van der Waals surface area (Å²) in [6.45, 7) is 11.6. The van der Waals surface area contributed by atoms with Gasteiger partial charge in [-0.1, -0.05) is 51.6 Å². The lowest BCUT2D eigenvalue weighted by atomic mass is 10.0. The van der Waals surface area contributed by atoms with Gasteiger partial charge in [0.2, 0.25) is 5.91 Å². The molecule has 1 atom stereocenters. The van der Waals surface area contributed by atoms with Crippen molar-refractivity contribution >= 4 is 17.7 Å². The highest BCUT2D eigenvalue weighted by Gasteiger charge is 2.22. The van der Waals surface area contributed by atoms with Gasteiger partial charge in [0.05, 0.1) is 5.75 Å². The Balaban J connectivity index is 1.62. The van der Waals surface area contributed by atoms with Crippen molar-refractivity contribution in [2.75, 3.05) is 18.8 Å². The normalized spacial score (nSPS) is 16.8. The molecule has 0 aliphatic carbocycles. The van der Waals surface area contributed by atoms with Crippen LogP contribution < -0.4 is 4.74 Å². The quantitative estimate of drug-likeness (QED) is 0.551. The van der Waals surface area contributed by atoms with Crippen LogP contribution in [-0.4, -0.2) is 44.4 Å². The zero-order valence-electron chi connectivity index (χ0n) is 18.6. The van der Waals surface area contributed by atoms with Crippen LogP contribution in [0.2, 0.25) is 0 Å². The van der Waals surface area contributed by atoms with E-state index in [1.54, 1.807) is 0 Å². The predicted molar refractivity (Wildman–Crippen MR) is 121 cm³/mol. The summed E-state index contributed by atoms with van der Waals surface area (Å²) in [6.07, 6.45) is 3.32. The molecule has 0 N–H and O–H groups in total.